The third kappa shape index (κ3) is 5.35. The Kier molecular flexibility index (Phi) is 7.26. The quantitative estimate of drug-likeness (QED) is 0.354. The standard InChI is InChI=1S/C28H24O3SSe/c1-21-17-19-24(20-18-21)32(30,31)27(26(29)22-11-5-2-6-12-22)28(23-13-7-3-8-14-23)33-25-15-9-4-10-16-25/h2-20,26,29H,1H3/b28-27-. The van der Waals surface area contributed by atoms with E-state index in [-0.39, 0.29) is 24.8 Å². The Morgan fingerprint density at radius 1 is 0.727 bits per heavy atom. The molecule has 0 aliphatic carbocycles. The van der Waals surface area contributed by atoms with Crippen LogP contribution < -0.4 is 4.46 Å². The van der Waals surface area contributed by atoms with Gasteiger partial charge in [-0.2, -0.15) is 0 Å². The summed E-state index contributed by atoms with van der Waals surface area (Å²) in [7, 11) is -3.99. The van der Waals surface area contributed by atoms with Crippen LogP contribution in [-0.2, 0) is 9.84 Å². The van der Waals surface area contributed by atoms with Gasteiger partial charge in [-0.3, -0.25) is 0 Å². The van der Waals surface area contributed by atoms with E-state index in [0.717, 1.165) is 15.6 Å². The molecule has 0 amide bonds. The van der Waals surface area contributed by atoms with Gasteiger partial charge in [0.1, 0.15) is 0 Å². The molecule has 0 saturated carbocycles. The molecule has 5 heteroatoms. The third-order valence-corrected chi connectivity index (χ3v) is 9.85. The van der Waals surface area contributed by atoms with E-state index in [2.05, 4.69) is 0 Å². The van der Waals surface area contributed by atoms with E-state index in [0.29, 0.717) is 10.0 Å². The summed E-state index contributed by atoms with van der Waals surface area (Å²) < 4.78 is 29.8. The number of sulfone groups is 1. The normalized spacial score (nSPS) is 13.3. The molecular formula is C28H24O3SSe. The van der Waals surface area contributed by atoms with Crippen molar-refractivity contribution < 1.29 is 13.5 Å². The van der Waals surface area contributed by atoms with Gasteiger partial charge < -0.3 is 0 Å². The van der Waals surface area contributed by atoms with E-state index in [1.54, 1.807) is 48.5 Å². The van der Waals surface area contributed by atoms with Crippen molar-refractivity contribution in [1.29, 1.82) is 0 Å². The van der Waals surface area contributed by atoms with E-state index in [1.807, 2.05) is 73.7 Å². The Hall–Kier alpha value is -2.95. The average Bonchev–Trinajstić information content (AvgIpc) is 2.85. The van der Waals surface area contributed by atoms with Crippen LogP contribution in [-0.4, -0.2) is 28.5 Å². The van der Waals surface area contributed by atoms with Gasteiger partial charge in [0.05, 0.1) is 0 Å². The molecule has 4 rings (SSSR count). The summed E-state index contributed by atoms with van der Waals surface area (Å²) >= 11 is -0.356. The predicted molar refractivity (Wildman–Crippen MR) is 135 cm³/mol. The van der Waals surface area contributed by atoms with Crippen LogP contribution in [0.25, 0.3) is 4.47 Å². The fourth-order valence-electron chi connectivity index (χ4n) is 3.47. The first-order chi connectivity index (χ1) is 16.0. The Labute approximate surface area is 201 Å². The molecule has 1 unspecified atom stereocenters. The van der Waals surface area contributed by atoms with Gasteiger partial charge >= 0.3 is 202 Å². The van der Waals surface area contributed by atoms with Crippen LogP contribution >= 0.6 is 0 Å². The molecule has 1 N–H and O–H groups in total. The second-order valence-electron chi connectivity index (χ2n) is 7.60. The van der Waals surface area contributed by atoms with Gasteiger partial charge in [-0.1, -0.05) is 0 Å². The van der Waals surface area contributed by atoms with Gasteiger partial charge in [0, 0.05) is 0 Å². The minimum atomic E-state index is -3.99. The van der Waals surface area contributed by atoms with E-state index < -0.39 is 15.9 Å². The summed E-state index contributed by atoms with van der Waals surface area (Å²) in [4.78, 5) is 0.211. The van der Waals surface area contributed by atoms with Crippen LogP contribution in [0.3, 0.4) is 0 Å². The van der Waals surface area contributed by atoms with Crippen molar-refractivity contribution >= 4 is 33.7 Å². The molecule has 0 bridgehead atoms. The number of rotatable bonds is 7. The average molecular weight is 520 g/mol. The number of hydrogen-bond acceptors (Lipinski definition) is 3. The molecule has 0 aliphatic heterocycles. The Balaban J connectivity index is 2.01. The molecule has 0 aromatic heterocycles. The van der Waals surface area contributed by atoms with Crippen molar-refractivity contribution in [3.05, 3.63) is 137 Å². The number of hydrogen-bond donors (Lipinski definition) is 1. The third-order valence-electron chi connectivity index (χ3n) is 5.21. The first-order valence-corrected chi connectivity index (χ1v) is 13.7. The molecule has 0 saturated heterocycles. The van der Waals surface area contributed by atoms with Crippen molar-refractivity contribution in [3.8, 4) is 0 Å². The predicted octanol–water partition coefficient (Wildman–Crippen LogP) is 4.90. The summed E-state index contributed by atoms with van der Waals surface area (Å²) in [5.41, 5.74) is 2.31. The molecule has 0 fully saturated rings. The molecular weight excluding hydrogens is 495 g/mol. The second-order valence-corrected chi connectivity index (χ2v) is 11.8. The molecule has 0 heterocycles. The number of aliphatic hydroxyl groups is 1. The molecule has 0 spiro atoms. The van der Waals surface area contributed by atoms with Crippen LogP contribution in [0.5, 0.6) is 0 Å². The second kappa shape index (κ2) is 10.3. The zero-order valence-corrected chi connectivity index (χ0v) is 20.7. The Bertz CT molecular complexity index is 1330. The van der Waals surface area contributed by atoms with Gasteiger partial charge in [-0.05, 0) is 0 Å². The van der Waals surface area contributed by atoms with Crippen molar-refractivity contribution in [2.75, 3.05) is 0 Å². The molecule has 0 aliphatic rings. The Morgan fingerprint density at radius 3 is 1.82 bits per heavy atom. The van der Waals surface area contributed by atoms with Gasteiger partial charge in [0.2, 0.25) is 0 Å². The first kappa shape index (κ1) is 23.2. The summed E-state index contributed by atoms with van der Waals surface area (Å²) in [6, 6.07) is 35.1. The van der Waals surface area contributed by atoms with Crippen LogP contribution in [0.15, 0.2) is 125 Å². The van der Waals surface area contributed by atoms with Gasteiger partial charge in [0.15, 0.2) is 0 Å². The Morgan fingerprint density at radius 2 is 1.24 bits per heavy atom. The fourth-order valence-corrected chi connectivity index (χ4v) is 8.01. The number of benzene rings is 4. The molecule has 33 heavy (non-hydrogen) atoms. The molecule has 1 atom stereocenters. The minimum absolute atomic E-state index is 0.0348. The molecule has 166 valence electrons. The number of aliphatic hydroxyl groups excluding tert-OH is 1. The summed E-state index contributed by atoms with van der Waals surface area (Å²) in [5, 5.41) is 11.5. The summed E-state index contributed by atoms with van der Waals surface area (Å²) in [6.45, 7) is 1.92. The van der Waals surface area contributed by atoms with E-state index in [4.69, 9.17) is 0 Å². The van der Waals surface area contributed by atoms with E-state index >= 15 is 0 Å². The molecule has 4 aromatic carbocycles. The van der Waals surface area contributed by atoms with E-state index in [9.17, 15) is 13.5 Å². The molecule has 0 radical (unpaired) electrons. The fraction of sp³-hybridized carbons (Fsp3) is 0.0714. The first-order valence-electron chi connectivity index (χ1n) is 10.5. The topological polar surface area (TPSA) is 54.4 Å². The zero-order valence-electron chi connectivity index (χ0n) is 18.1. The summed E-state index contributed by atoms with van der Waals surface area (Å²) in [5.74, 6) is 0. The van der Waals surface area contributed by atoms with Crippen LogP contribution in [0.4, 0.5) is 0 Å². The van der Waals surface area contributed by atoms with Crippen molar-refractivity contribution in [3.63, 3.8) is 0 Å². The van der Waals surface area contributed by atoms with Crippen LogP contribution in [0, 0.1) is 6.92 Å². The maximum absolute atomic E-state index is 14.1. The molecule has 3 nitrogen and oxygen atoms in total. The molecule has 4 aromatic rings. The van der Waals surface area contributed by atoms with Crippen molar-refractivity contribution in [2.45, 2.75) is 17.9 Å². The zero-order chi connectivity index (χ0) is 23.3. The van der Waals surface area contributed by atoms with Crippen molar-refractivity contribution in [2.24, 2.45) is 0 Å². The maximum atomic E-state index is 14.1. The van der Waals surface area contributed by atoms with Gasteiger partial charge in [-0.25, -0.2) is 0 Å². The van der Waals surface area contributed by atoms with Crippen LogP contribution in [0.2, 0.25) is 0 Å². The SMILES string of the molecule is Cc1ccc(S(=O)(=O)/C(=C(\[Se]c2ccccc2)c2ccccc2)C(O)c2ccccc2)cc1. The van der Waals surface area contributed by atoms with Gasteiger partial charge in [0.25, 0.3) is 0 Å². The van der Waals surface area contributed by atoms with Crippen molar-refractivity contribution in [1.82, 2.24) is 0 Å². The monoisotopic (exact) mass is 520 g/mol. The van der Waals surface area contributed by atoms with Crippen LogP contribution in [0.1, 0.15) is 22.8 Å². The van der Waals surface area contributed by atoms with E-state index in [1.165, 1.54) is 0 Å². The summed E-state index contributed by atoms with van der Waals surface area (Å²) in [6.07, 6.45) is -1.29. The van der Waals surface area contributed by atoms with Gasteiger partial charge in [-0.15, -0.1) is 0 Å². The number of aryl methyl sites for hydroxylation is 1.